The van der Waals surface area contributed by atoms with Gasteiger partial charge in [0.15, 0.2) is 0 Å². The molecule has 0 aromatic carbocycles. The van der Waals surface area contributed by atoms with Crippen LogP contribution in [0.15, 0.2) is 0 Å². The molecule has 1 atom stereocenters. The zero-order chi connectivity index (χ0) is 10.8. The molecule has 0 saturated heterocycles. The minimum atomic E-state index is -0.833. The molecule has 0 unspecified atom stereocenters. The Morgan fingerprint density at radius 2 is 2.07 bits per heavy atom. The molecule has 0 radical (unpaired) electrons. The van der Waals surface area contributed by atoms with Crippen molar-refractivity contribution in [3.63, 3.8) is 0 Å². The quantitative estimate of drug-likeness (QED) is 0.381. The Bertz CT molecular complexity index is 143. The number of aliphatic hydroxyl groups excluding tert-OH is 1. The normalized spacial score (nSPS) is 12.7. The zero-order valence-electron chi connectivity index (χ0n) is 8.41. The molecule has 0 rings (SSSR count). The number of carbonyl (C=O) groups is 1. The summed E-state index contributed by atoms with van der Waals surface area (Å²) in [5.74, 6) is -0.833. The van der Waals surface area contributed by atoms with Gasteiger partial charge in [0.1, 0.15) is 6.04 Å². The van der Waals surface area contributed by atoms with Gasteiger partial charge in [0.05, 0.1) is 0 Å². The van der Waals surface area contributed by atoms with Crippen molar-refractivity contribution in [2.24, 2.45) is 5.73 Å². The lowest BCUT2D eigenvalue weighted by Gasteiger charge is -2.13. The van der Waals surface area contributed by atoms with Crippen LogP contribution in [0.3, 0.4) is 0 Å². The van der Waals surface area contributed by atoms with Gasteiger partial charge in [-0.15, -0.1) is 0 Å². The highest BCUT2D eigenvalue weighted by molar-refractivity contribution is 5.73. The van der Waals surface area contributed by atoms with E-state index in [2.05, 4.69) is 5.32 Å². The molecular weight excluding hydrogens is 184 g/mol. The van der Waals surface area contributed by atoms with E-state index in [0.717, 1.165) is 12.8 Å². The second kappa shape index (κ2) is 8.93. The number of hydrogen-bond acceptors (Lipinski definition) is 4. The smallest absolute Gasteiger partial charge is 0.320 e. The zero-order valence-corrected chi connectivity index (χ0v) is 8.41. The summed E-state index contributed by atoms with van der Waals surface area (Å²) in [6.07, 6.45) is 2.85. The van der Waals surface area contributed by atoms with Gasteiger partial charge in [-0.2, -0.15) is 0 Å². The maximum atomic E-state index is 10.7. The third-order valence-electron chi connectivity index (χ3n) is 1.97. The topological polar surface area (TPSA) is 95.6 Å². The van der Waals surface area contributed by atoms with E-state index in [0.29, 0.717) is 25.9 Å². The molecule has 0 amide bonds. The second-order valence-corrected chi connectivity index (χ2v) is 3.21. The van der Waals surface area contributed by atoms with Gasteiger partial charge in [-0.1, -0.05) is 6.42 Å². The van der Waals surface area contributed by atoms with Gasteiger partial charge in [-0.25, -0.2) is 0 Å². The number of nitrogens with two attached hydrogens (primary N) is 1. The molecule has 0 aromatic rings. The molecule has 0 fully saturated rings. The van der Waals surface area contributed by atoms with Crippen LogP contribution in [0.25, 0.3) is 0 Å². The number of aliphatic hydroxyl groups is 1. The van der Waals surface area contributed by atoms with E-state index >= 15 is 0 Å². The van der Waals surface area contributed by atoms with Gasteiger partial charge in [-0.05, 0) is 32.4 Å². The number of carboxylic acids is 1. The van der Waals surface area contributed by atoms with E-state index in [4.69, 9.17) is 15.9 Å². The first-order valence-electron chi connectivity index (χ1n) is 4.99. The lowest BCUT2D eigenvalue weighted by Crippen LogP contribution is -2.37. The van der Waals surface area contributed by atoms with Crippen LogP contribution in [0.4, 0.5) is 0 Å². The van der Waals surface area contributed by atoms with E-state index in [1.165, 1.54) is 0 Å². The summed E-state index contributed by atoms with van der Waals surface area (Å²) in [6.45, 7) is 1.22. The molecule has 5 heteroatoms. The molecule has 0 aliphatic carbocycles. The van der Waals surface area contributed by atoms with Crippen LogP contribution in [0.1, 0.15) is 25.7 Å². The summed E-state index contributed by atoms with van der Waals surface area (Å²) in [5, 5.41) is 20.2. The maximum absolute atomic E-state index is 10.7. The molecule has 0 heterocycles. The second-order valence-electron chi connectivity index (χ2n) is 3.21. The van der Waals surface area contributed by atoms with Crippen LogP contribution in [0.5, 0.6) is 0 Å². The van der Waals surface area contributed by atoms with E-state index in [9.17, 15) is 4.79 Å². The molecule has 0 saturated carbocycles. The summed E-state index contributed by atoms with van der Waals surface area (Å²) in [5.41, 5.74) is 5.31. The van der Waals surface area contributed by atoms with Crippen LogP contribution in [-0.4, -0.2) is 41.9 Å². The van der Waals surface area contributed by atoms with Gasteiger partial charge < -0.3 is 21.3 Å². The van der Waals surface area contributed by atoms with Crippen LogP contribution in [0, 0.1) is 0 Å². The first-order chi connectivity index (χ1) is 6.72. The van der Waals surface area contributed by atoms with Crippen molar-refractivity contribution in [3.8, 4) is 0 Å². The minimum Gasteiger partial charge on any atom is -0.480 e. The average Bonchev–Trinajstić information content (AvgIpc) is 2.15. The van der Waals surface area contributed by atoms with Crippen molar-refractivity contribution in [2.75, 3.05) is 19.7 Å². The Morgan fingerprint density at radius 3 is 2.57 bits per heavy atom. The molecular formula is C9H20N2O3. The first kappa shape index (κ1) is 13.4. The predicted octanol–water partition coefficient (Wildman–Crippen LogP) is -0.459. The fourth-order valence-electron chi connectivity index (χ4n) is 1.16. The first-order valence-corrected chi connectivity index (χ1v) is 4.99. The molecule has 5 nitrogen and oxygen atoms in total. The molecule has 0 aliphatic rings. The largest absolute Gasteiger partial charge is 0.480 e. The average molecular weight is 204 g/mol. The Hall–Kier alpha value is -0.650. The number of aliphatic carboxylic acids is 1. The fourth-order valence-corrected chi connectivity index (χ4v) is 1.16. The van der Waals surface area contributed by atoms with Gasteiger partial charge in [-0.3, -0.25) is 4.79 Å². The summed E-state index contributed by atoms with van der Waals surface area (Å²) in [7, 11) is 0. The minimum absolute atomic E-state index is 0.0855. The number of unbranched alkanes of at least 4 members (excludes halogenated alkanes) is 1. The fraction of sp³-hybridized carbons (Fsp3) is 0.889. The monoisotopic (exact) mass is 204 g/mol. The van der Waals surface area contributed by atoms with Gasteiger partial charge in [0, 0.05) is 6.61 Å². The van der Waals surface area contributed by atoms with E-state index in [1.807, 2.05) is 0 Å². The number of nitrogens with one attached hydrogen (secondary N) is 1. The van der Waals surface area contributed by atoms with Gasteiger partial charge >= 0.3 is 5.97 Å². The lowest BCUT2D eigenvalue weighted by atomic mass is 10.1. The third kappa shape index (κ3) is 6.82. The molecule has 0 aliphatic heterocycles. The van der Waals surface area contributed by atoms with Crippen molar-refractivity contribution >= 4 is 5.97 Å². The van der Waals surface area contributed by atoms with Crippen LogP contribution in [-0.2, 0) is 4.79 Å². The summed E-state index contributed by atoms with van der Waals surface area (Å²) in [4.78, 5) is 10.7. The highest BCUT2D eigenvalue weighted by Crippen LogP contribution is 2.00. The van der Waals surface area contributed by atoms with Crippen LogP contribution >= 0.6 is 0 Å². The summed E-state index contributed by atoms with van der Waals surface area (Å²) in [6, 6.07) is -0.506. The number of carboxylic acid groups (broad SMARTS) is 1. The number of hydrogen-bond donors (Lipinski definition) is 4. The molecule has 0 spiro atoms. The molecule has 0 bridgehead atoms. The SMILES string of the molecule is NCCCC[C@H](NCCCO)C(=O)O. The van der Waals surface area contributed by atoms with Crippen molar-refractivity contribution in [1.82, 2.24) is 5.32 Å². The molecule has 5 N–H and O–H groups in total. The van der Waals surface area contributed by atoms with E-state index in [1.54, 1.807) is 0 Å². The van der Waals surface area contributed by atoms with Gasteiger partial charge in [0.2, 0.25) is 0 Å². The Balaban J connectivity index is 3.61. The van der Waals surface area contributed by atoms with Crippen LogP contribution < -0.4 is 11.1 Å². The summed E-state index contributed by atoms with van der Waals surface area (Å²) >= 11 is 0. The molecule has 14 heavy (non-hydrogen) atoms. The maximum Gasteiger partial charge on any atom is 0.320 e. The van der Waals surface area contributed by atoms with E-state index < -0.39 is 12.0 Å². The van der Waals surface area contributed by atoms with E-state index in [-0.39, 0.29) is 6.61 Å². The predicted molar refractivity (Wildman–Crippen MR) is 54.0 cm³/mol. The van der Waals surface area contributed by atoms with Crippen molar-refractivity contribution in [1.29, 1.82) is 0 Å². The van der Waals surface area contributed by atoms with Crippen LogP contribution in [0.2, 0.25) is 0 Å². The molecule has 84 valence electrons. The number of rotatable bonds is 9. The lowest BCUT2D eigenvalue weighted by molar-refractivity contribution is -0.139. The van der Waals surface area contributed by atoms with Crippen molar-refractivity contribution in [3.05, 3.63) is 0 Å². The summed E-state index contributed by atoms with van der Waals surface area (Å²) < 4.78 is 0. The highest BCUT2D eigenvalue weighted by Gasteiger charge is 2.14. The highest BCUT2D eigenvalue weighted by atomic mass is 16.4. The Morgan fingerprint density at radius 1 is 1.36 bits per heavy atom. The standard InChI is InChI=1S/C9H20N2O3/c10-5-2-1-4-8(9(13)14)11-6-3-7-12/h8,11-12H,1-7,10H2,(H,13,14)/t8-/m0/s1. The van der Waals surface area contributed by atoms with Crippen molar-refractivity contribution < 1.29 is 15.0 Å². The molecule has 0 aromatic heterocycles. The Labute approximate surface area is 84.3 Å². The third-order valence-corrected chi connectivity index (χ3v) is 1.97. The Kier molecular flexibility index (Phi) is 8.51. The van der Waals surface area contributed by atoms with Gasteiger partial charge in [0.25, 0.3) is 0 Å². The van der Waals surface area contributed by atoms with Crippen molar-refractivity contribution in [2.45, 2.75) is 31.7 Å².